The molecular weight excluding hydrogens is 208 g/mol. The third-order valence-corrected chi connectivity index (χ3v) is 1.73. The van der Waals surface area contributed by atoms with E-state index in [2.05, 4.69) is 6.58 Å². The quantitative estimate of drug-likeness (QED) is 0.395. The Morgan fingerprint density at radius 3 is 2.06 bits per heavy atom. The summed E-state index contributed by atoms with van der Waals surface area (Å²) in [7, 11) is 0. The third-order valence-electron chi connectivity index (χ3n) is 1.73. The van der Waals surface area contributed by atoms with Crippen LogP contribution in [0.5, 0.6) is 0 Å². The van der Waals surface area contributed by atoms with Crippen LogP contribution in [0.3, 0.4) is 0 Å². The van der Waals surface area contributed by atoms with E-state index in [9.17, 15) is 9.59 Å². The van der Waals surface area contributed by atoms with Crippen LogP contribution < -0.4 is 0 Å². The first-order chi connectivity index (χ1) is 7.49. The molecule has 0 fully saturated rings. The first kappa shape index (κ1) is 14.4. The molecule has 0 bridgehead atoms. The van der Waals surface area contributed by atoms with Gasteiger partial charge in [0.15, 0.2) is 0 Å². The highest BCUT2D eigenvalue weighted by atomic mass is 16.6. The van der Waals surface area contributed by atoms with E-state index in [1.165, 1.54) is 0 Å². The molecule has 0 amide bonds. The molecule has 0 radical (unpaired) electrons. The lowest BCUT2D eigenvalue weighted by atomic mass is 10.2. The van der Waals surface area contributed by atoms with Crippen LogP contribution in [0.4, 0.5) is 0 Å². The zero-order valence-corrected chi connectivity index (χ0v) is 10.0. The average molecular weight is 226 g/mol. The molecule has 0 saturated heterocycles. The standard InChI is InChI=1S/C12H18O4/c1-5-6-10(4)12(14)16-8-7-15-11(13)9(2)3/h6H,2,5,7-8H2,1,3-4H3. The van der Waals surface area contributed by atoms with Crippen LogP contribution in [0.15, 0.2) is 23.8 Å². The van der Waals surface area contributed by atoms with Crippen LogP contribution in [0.2, 0.25) is 0 Å². The van der Waals surface area contributed by atoms with Crippen molar-refractivity contribution in [3.05, 3.63) is 23.8 Å². The van der Waals surface area contributed by atoms with Crippen LogP contribution in [-0.4, -0.2) is 25.2 Å². The van der Waals surface area contributed by atoms with Crippen molar-refractivity contribution in [2.75, 3.05) is 13.2 Å². The second-order valence-electron chi connectivity index (χ2n) is 3.35. The summed E-state index contributed by atoms with van der Waals surface area (Å²) in [5, 5.41) is 0. The molecule has 0 aliphatic heterocycles. The maximum Gasteiger partial charge on any atom is 0.333 e. The van der Waals surface area contributed by atoms with Crippen molar-refractivity contribution in [3.8, 4) is 0 Å². The molecule has 0 saturated carbocycles. The summed E-state index contributed by atoms with van der Waals surface area (Å²) >= 11 is 0. The maximum absolute atomic E-state index is 11.3. The van der Waals surface area contributed by atoms with E-state index in [1.807, 2.05) is 6.92 Å². The minimum atomic E-state index is -0.475. The predicted molar refractivity (Wildman–Crippen MR) is 60.8 cm³/mol. The highest BCUT2D eigenvalue weighted by Crippen LogP contribution is 1.98. The molecule has 0 atom stereocenters. The van der Waals surface area contributed by atoms with Gasteiger partial charge in [-0.25, -0.2) is 9.59 Å². The van der Waals surface area contributed by atoms with Crippen molar-refractivity contribution in [1.29, 1.82) is 0 Å². The lowest BCUT2D eigenvalue weighted by Crippen LogP contribution is -2.14. The van der Waals surface area contributed by atoms with Crippen LogP contribution in [0.1, 0.15) is 27.2 Å². The van der Waals surface area contributed by atoms with E-state index in [-0.39, 0.29) is 19.2 Å². The Kier molecular flexibility index (Phi) is 6.92. The molecule has 4 nitrogen and oxygen atoms in total. The summed E-state index contributed by atoms with van der Waals surface area (Å²) < 4.78 is 9.63. The van der Waals surface area contributed by atoms with E-state index in [4.69, 9.17) is 9.47 Å². The molecule has 0 heterocycles. The number of rotatable bonds is 6. The Balaban J connectivity index is 3.75. The number of carbonyl (C=O) groups is 2. The number of esters is 2. The maximum atomic E-state index is 11.3. The molecule has 0 aliphatic rings. The van der Waals surface area contributed by atoms with Crippen molar-refractivity contribution in [1.82, 2.24) is 0 Å². The predicted octanol–water partition coefficient (Wildman–Crippen LogP) is 2.01. The lowest BCUT2D eigenvalue weighted by Gasteiger charge is -2.06. The van der Waals surface area contributed by atoms with E-state index in [0.717, 1.165) is 6.42 Å². The molecule has 0 spiro atoms. The van der Waals surface area contributed by atoms with E-state index < -0.39 is 5.97 Å². The van der Waals surface area contributed by atoms with Gasteiger partial charge in [0.25, 0.3) is 0 Å². The highest BCUT2D eigenvalue weighted by molar-refractivity contribution is 5.88. The number of ether oxygens (including phenoxy) is 2. The smallest absolute Gasteiger partial charge is 0.333 e. The summed E-state index contributed by atoms with van der Waals surface area (Å²) in [4.78, 5) is 22.2. The van der Waals surface area contributed by atoms with Gasteiger partial charge in [-0.1, -0.05) is 19.6 Å². The molecule has 0 aromatic carbocycles. The van der Waals surface area contributed by atoms with Crippen LogP contribution in [0, 0.1) is 0 Å². The Bertz CT molecular complexity index is 302. The molecule has 0 rings (SSSR count). The number of allylic oxidation sites excluding steroid dienone is 1. The zero-order chi connectivity index (χ0) is 12.6. The van der Waals surface area contributed by atoms with Crippen molar-refractivity contribution < 1.29 is 19.1 Å². The second kappa shape index (κ2) is 7.68. The first-order valence-corrected chi connectivity index (χ1v) is 5.15. The number of hydrogen-bond acceptors (Lipinski definition) is 4. The summed E-state index contributed by atoms with van der Waals surface area (Å²) in [6.07, 6.45) is 2.56. The van der Waals surface area contributed by atoms with Gasteiger partial charge in [0, 0.05) is 11.1 Å². The van der Waals surface area contributed by atoms with Gasteiger partial charge in [0.05, 0.1) is 0 Å². The topological polar surface area (TPSA) is 52.6 Å². The molecule has 4 heteroatoms. The largest absolute Gasteiger partial charge is 0.459 e. The first-order valence-electron chi connectivity index (χ1n) is 5.15. The van der Waals surface area contributed by atoms with Gasteiger partial charge in [0.2, 0.25) is 0 Å². The van der Waals surface area contributed by atoms with Gasteiger partial charge in [-0.15, -0.1) is 0 Å². The SMILES string of the molecule is C=C(C)C(=O)OCCOC(=O)C(C)=CCC. The van der Waals surface area contributed by atoms with Crippen molar-refractivity contribution in [2.24, 2.45) is 0 Å². The molecule has 0 N–H and O–H groups in total. The van der Waals surface area contributed by atoms with Crippen molar-refractivity contribution in [2.45, 2.75) is 27.2 Å². The fourth-order valence-electron chi connectivity index (χ4n) is 0.895. The van der Waals surface area contributed by atoms with Crippen LogP contribution in [0.25, 0.3) is 0 Å². The number of carbonyl (C=O) groups excluding carboxylic acids is 2. The Hall–Kier alpha value is -1.58. The Labute approximate surface area is 95.9 Å². The van der Waals surface area contributed by atoms with Gasteiger partial charge in [-0.2, -0.15) is 0 Å². The molecule has 0 aliphatic carbocycles. The molecular formula is C12H18O4. The Morgan fingerprint density at radius 2 is 1.62 bits per heavy atom. The minimum Gasteiger partial charge on any atom is -0.459 e. The fourth-order valence-corrected chi connectivity index (χ4v) is 0.895. The Morgan fingerprint density at radius 1 is 1.12 bits per heavy atom. The van der Waals surface area contributed by atoms with Gasteiger partial charge in [-0.3, -0.25) is 0 Å². The molecule has 0 aromatic heterocycles. The lowest BCUT2D eigenvalue weighted by molar-refractivity contribution is -0.147. The van der Waals surface area contributed by atoms with Gasteiger partial charge >= 0.3 is 11.9 Å². The van der Waals surface area contributed by atoms with Crippen LogP contribution in [-0.2, 0) is 19.1 Å². The summed E-state index contributed by atoms with van der Waals surface area (Å²) in [5.74, 6) is -0.856. The zero-order valence-electron chi connectivity index (χ0n) is 10.0. The molecule has 90 valence electrons. The summed E-state index contributed by atoms with van der Waals surface area (Å²) in [5.41, 5.74) is 0.891. The average Bonchev–Trinajstić information content (AvgIpc) is 2.23. The van der Waals surface area contributed by atoms with Gasteiger partial charge in [-0.05, 0) is 20.3 Å². The van der Waals surface area contributed by atoms with E-state index in [0.29, 0.717) is 11.1 Å². The third kappa shape index (κ3) is 6.01. The summed E-state index contributed by atoms with van der Waals surface area (Å²) in [6.45, 7) is 8.72. The summed E-state index contributed by atoms with van der Waals surface area (Å²) in [6, 6.07) is 0. The van der Waals surface area contributed by atoms with Crippen LogP contribution >= 0.6 is 0 Å². The molecule has 16 heavy (non-hydrogen) atoms. The molecule has 0 unspecified atom stereocenters. The fraction of sp³-hybridized carbons (Fsp3) is 0.500. The van der Waals surface area contributed by atoms with Gasteiger partial charge in [0.1, 0.15) is 13.2 Å². The highest BCUT2D eigenvalue weighted by Gasteiger charge is 2.06. The van der Waals surface area contributed by atoms with Crippen molar-refractivity contribution in [3.63, 3.8) is 0 Å². The van der Waals surface area contributed by atoms with Crippen molar-refractivity contribution >= 4 is 11.9 Å². The second-order valence-corrected chi connectivity index (χ2v) is 3.35. The normalized spacial score (nSPS) is 10.8. The number of hydrogen-bond donors (Lipinski definition) is 0. The van der Waals surface area contributed by atoms with E-state index in [1.54, 1.807) is 19.9 Å². The molecule has 0 aromatic rings. The van der Waals surface area contributed by atoms with E-state index >= 15 is 0 Å². The van der Waals surface area contributed by atoms with Gasteiger partial charge < -0.3 is 9.47 Å². The monoisotopic (exact) mass is 226 g/mol. The minimum absolute atomic E-state index is 0.0524.